The van der Waals surface area contributed by atoms with Gasteiger partial charge in [-0.25, -0.2) is 0 Å². The van der Waals surface area contributed by atoms with E-state index < -0.39 is 44.4 Å². The lowest BCUT2D eigenvalue weighted by molar-refractivity contribution is -0.112. The van der Waals surface area contributed by atoms with E-state index in [0.717, 1.165) is 0 Å². The van der Waals surface area contributed by atoms with Crippen LogP contribution in [0.2, 0.25) is 10.0 Å². The number of carbonyl (C=O) groups excluding carboxylic acids is 2. The highest BCUT2D eigenvalue weighted by Gasteiger charge is 2.38. The number of phenolic OH excluding ortho intramolecular Hbond substituents is 2. The molecule has 0 heterocycles. The van der Waals surface area contributed by atoms with Crippen molar-refractivity contribution >= 4 is 40.5 Å². The van der Waals surface area contributed by atoms with Gasteiger partial charge >= 0.3 is 0 Å². The van der Waals surface area contributed by atoms with E-state index in [0.29, 0.717) is 0 Å². The normalized spacial score (nSPS) is 14.9. The van der Waals surface area contributed by atoms with Crippen LogP contribution in [0.25, 0.3) is 5.76 Å². The average molecular weight is 303 g/mol. The van der Waals surface area contributed by atoms with Crippen LogP contribution < -0.4 is 0 Å². The fourth-order valence-electron chi connectivity index (χ4n) is 1.95. The first-order valence-electron chi connectivity index (χ1n) is 5.27. The molecular formula is C12H8Cl2O5. The van der Waals surface area contributed by atoms with Crippen LogP contribution in [0.5, 0.6) is 11.5 Å². The minimum Gasteiger partial charge on any atom is -0.507 e. The van der Waals surface area contributed by atoms with Crippen molar-refractivity contribution in [1.29, 1.82) is 0 Å². The second kappa shape index (κ2) is 4.43. The van der Waals surface area contributed by atoms with Crippen molar-refractivity contribution in [1.82, 2.24) is 0 Å². The van der Waals surface area contributed by atoms with E-state index in [2.05, 4.69) is 0 Å². The van der Waals surface area contributed by atoms with E-state index in [4.69, 9.17) is 23.2 Å². The van der Waals surface area contributed by atoms with Gasteiger partial charge in [0.05, 0.1) is 11.1 Å². The summed E-state index contributed by atoms with van der Waals surface area (Å²) in [5, 5.41) is 28.7. The Morgan fingerprint density at radius 3 is 1.84 bits per heavy atom. The molecule has 0 aromatic heterocycles. The van der Waals surface area contributed by atoms with Crippen molar-refractivity contribution < 1.29 is 24.9 Å². The number of aromatic hydroxyl groups is 2. The number of benzene rings is 1. The van der Waals surface area contributed by atoms with Gasteiger partial charge in [0.15, 0.2) is 0 Å². The lowest BCUT2D eigenvalue weighted by Gasteiger charge is -2.20. The zero-order valence-electron chi connectivity index (χ0n) is 9.62. The summed E-state index contributed by atoms with van der Waals surface area (Å²) in [6.07, 6.45) is 0.0935. The van der Waals surface area contributed by atoms with Crippen molar-refractivity contribution in [2.45, 2.75) is 13.3 Å². The molecule has 0 amide bonds. The molecular weight excluding hydrogens is 295 g/mol. The molecule has 2 rings (SSSR count). The smallest absolute Gasteiger partial charge is 0.237 e. The number of aliphatic hydroxyl groups is 1. The quantitative estimate of drug-likeness (QED) is 0.548. The van der Waals surface area contributed by atoms with Gasteiger partial charge in [0, 0.05) is 5.57 Å². The summed E-state index contributed by atoms with van der Waals surface area (Å²) < 4.78 is 0. The number of rotatable bonds is 1. The molecule has 0 spiro atoms. The minimum absolute atomic E-state index is 0.0935. The van der Waals surface area contributed by atoms with Crippen LogP contribution in [-0.4, -0.2) is 26.9 Å². The molecule has 0 aliphatic heterocycles. The maximum Gasteiger partial charge on any atom is 0.237 e. The molecule has 7 heteroatoms. The van der Waals surface area contributed by atoms with Crippen molar-refractivity contribution in [3.63, 3.8) is 0 Å². The van der Waals surface area contributed by atoms with Gasteiger partial charge in [-0.05, 0) is 6.42 Å². The predicted octanol–water partition coefficient (Wildman–Crippen LogP) is 2.85. The number of halogens is 2. The van der Waals surface area contributed by atoms with Gasteiger partial charge in [-0.1, -0.05) is 30.1 Å². The van der Waals surface area contributed by atoms with Gasteiger partial charge in [-0.15, -0.1) is 0 Å². The van der Waals surface area contributed by atoms with Crippen LogP contribution >= 0.6 is 23.2 Å². The Hall–Kier alpha value is -1.72. The van der Waals surface area contributed by atoms with Crippen molar-refractivity contribution in [3.05, 3.63) is 26.7 Å². The van der Waals surface area contributed by atoms with Crippen LogP contribution in [-0.2, 0) is 4.79 Å². The van der Waals surface area contributed by atoms with Gasteiger partial charge in [0.1, 0.15) is 27.3 Å². The number of allylic oxidation sites excluding steroid dienone is 1. The predicted molar refractivity (Wildman–Crippen MR) is 69.0 cm³/mol. The maximum atomic E-state index is 11.9. The van der Waals surface area contributed by atoms with Crippen LogP contribution in [0.15, 0.2) is 5.57 Å². The lowest BCUT2D eigenvalue weighted by Crippen LogP contribution is -2.24. The number of Topliss-reactive ketones (excluding diaryl/α,β-unsaturated/α-hetero) is 2. The van der Waals surface area contributed by atoms with E-state index in [9.17, 15) is 24.9 Å². The van der Waals surface area contributed by atoms with Crippen LogP contribution in [0.1, 0.15) is 29.3 Å². The summed E-state index contributed by atoms with van der Waals surface area (Å²) >= 11 is 11.3. The number of hydrogen-bond acceptors (Lipinski definition) is 5. The molecule has 100 valence electrons. The second-order valence-electron chi connectivity index (χ2n) is 3.91. The van der Waals surface area contributed by atoms with Crippen LogP contribution in [0.4, 0.5) is 0 Å². The summed E-state index contributed by atoms with van der Waals surface area (Å²) in [4.78, 5) is 23.7. The minimum atomic E-state index is -1.05. The monoisotopic (exact) mass is 302 g/mol. The highest BCUT2D eigenvalue weighted by molar-refractivity contribution is 6.54. The number of phenols is 2. The standard InChI is InChI=1S/C12H8Cl2O5/c1-2-3-8(15)4-5(12(19)9(3)16)11(18)7(14)6(13)10(4)17/h15,17-18H,2H2,1H3. The zero-order valence-corrected chi connectivity index (χ0v) is 11.1. The Labute approximate surface area is 117 Å². The number of aliphatic hydroxyl groups excluding tert-OH is 1. The molecule has 19 heavy (non-hydrogen) atoms. The van der Waals surface area contributed by atoms with E-state index in [1.165, 1.54) is 0 Å². The highest BCUT2D eigenvalue weighted by Crippen LogP contribution is 2.48. The fraction of sp³-hybridized carbons (Fsp3) is 0.167. The molecule has 0 saturated carbocycles. The Kier molecular flexibility index (Phi) is 3.20. The van der Waals surface area contributed by atoms with Gasteiger partial charge in [0.2, 0.25) is 11.6 Å². The molecule has 0 bridgehead atoms. The molecule has 5 nitrogen and oxygen atoms in total. The van der Waals surface area contributed by atoms with E-state index in [1.54, 1.807) is 6.92 Å². The first-order valence-corrected chi connectivity index (χ1v) is 6.02. The number of carbonyl (C=O) groups is 2. The molecule has 0 atom stereocenters. The molecule has 1 aliphatic carbocycles. The van der Waals surface area contributed by atoms with Gasteiger partial charge in [-0.2, -0.15) is 0 Å². The summed E-state index contributed by atoms with van der Waals surface area (Å²) in [6.45, 7) is 1.57. The third kappa shape index (κ3) is 1.69. The third-order valence-corrected chi connectivity index (χ3v) is 3.75. The summed E-state index contributed by atoms with van der Waals surface area (Å²) in [5.74, 6) is -3.95. The number of ketones is 2. The highest BCUT2D eigenvalue weighted by atomic mass is 35.5. The first-order chi connectivity index (χ1) is 8.82. The molecule has 1 aromatic carbocycles. The largest absolute Gasteiger partial charge is 0.507 e. The summed E-state index contributed by atoms with van der Waals surface area (Å²) in [5.41, 5.74) is -1.05. The van der Waals surface area contributed by atoms with Crippen LogP contribution in [0.3, 0.4) is 0 Å². The Morgan fingerprint density at radius 1 is 0.895 bits per heavy atom. The first kappa shape index (κ1) is 13.7. The van der Waals surface area contributed by atoms with E-state index in [-0.39, 0.29) is 17.6 Å². The lowest BCUT2D eigenvalue weighted by atomic mass is 9.86. The molecule has 0 unspecified atom stereocenters. The second-order valence-corrected chi connectivity index (χ2v) is 4.67. The van der Waals surface area contributed by atoms with Gasteiger partial charge in [0.25, 0.3) is 0 Å². The van der Waals surface area contributed by atoms with Crippen molar-refractivity contribution in [2.75, 3.05) is 0 Å². The SMILES string of the molecule is CCC1=C(O)c2c(O)c(Cl)c(Cl)c(O)c2C(=O)C1=O. The van der Waals surface area contributed by atoms with Gasteiger partial charge in [-0.3, -0.25) is 9.59 Å². The Bertz CT molecular complexity index is 661. The average Bonchev–Trinajstić information content (AvgIpc) is 2.38. The molecule has 0 saturated heterocycles. The third-order valence-electron chi connectivity index (χ3n) is 2.92. The summed E-state index contributed by atoms with van der Waals surface area (Å²) in [6, 6.07) is 0. The molecule has 1 aliphatic rings. The maximum absolute atomic E-state index is 11.9. The molecule has 1 aromatic rings. The van der Waals surface area contributed by atoms with E-state index in [1.807, 2.05) is 0 Å². The zero-order chi connectivity index (χ0) is 14.5. The van der Waals surface area contributed by atoms with Crippen molar-refractivity contribution in [2.24, 2.45) is 0 Å². The van der Waals surface area contributed by atoms with Crippen LogP contribution in [0, 0.1) is 0 Å². The number of hydrogen-bond donors (Lipinski definition) is 3. The van der Waals surface area contributed by atoms with Gasteiger partial charge < -0.3 is 15.3 Å². The van der Waals surface area contributed by atoms with Crippen molar-refractivity contribution in [3.8, 4) is 11.5 Å². The molecule has 0 fully saturated rings. The Morgan fingerprint density at radius 2 is 1.37 bits per heavy atom. The molecule has 3 N–H and O–H groups in total. The van der Waals surface area contributed by atoms with E-state index >= 15 is 0 Å². The Balaban J connectivity index is 2.98. The molecule has 0 radical (unpaired) electrons. The fourth-order valence-corrected chi connectivity index (χ4v) is 2.32. The summed E-state index contributed by atoms with van der Waals surface area (Å²) in [7, 11) is 0. The topological polar surface area (TPSA) is 94.8 Å². The number of fused-ring (bicyclic) bond motifs is 1.